The molecule has 2 aromatic rings. The number of hydrogen-bond donors (Lipinski definition) is 2. The summed E-state index contributed by atoms with van der Waals surface area (Å²) in [4.78, 5) is 15.6. The van der Waals surface area contributed by atoms with Crippen molar-refractivity contribution in [2.24, 2.45) is 0 Å². The van der Waals surface area contributed by atoms with Crippen LogP contribution in [0, 0.1) is 5.82 Å². The number of amides is 1. The highest BCUT2D eigenvalue weighted by molar-refractivity contribution is 5.85. The van der Waals surface area contributed by atoms with Crippen LogP contribution in [-0.2, 0) is 11.3 Å². The molecule has 1 amide bonds. The number of nitrogens with one attached hydrogen (secondary N) is 2. The number of aromatic nitrogens is 1. The van der Waals surface area contributed by atoms with Gasteiger partial charge in [-0.25, -0.2) is 9.37 Å². The van der Waals surface area contributed by atoms with Gasteiger partial charge in [-0.15, -0.1) is 24.8 Å². The van der Waals surface area contributed by atoms with Gasteiger partial charge in [-0.05, 0) is 42.9 Å². The number of carbonyl (C=O) groups excluding carboxylic acids is 1. The summed E-state index contributed by atoms with van der Waals surface area (Å²) in [7, 11) is 1.80. The molecule has 0 atom stereocenters. The Bertz CT molecular complexity index is 627. The lowest BCUT2D eigenvalue weighted by Crippen LogP contribution is -2.26. The van der Waals surface area contributed by atoms with Crippen molar-refractivity contribution in [2.45, 2.75) is 13.0 Å². The van der Waals surface area contributed by atoms with Gasteiger partial charge in [0, 0.05) is 31.8 Å². The van der Waals surface area contributed by atoms with Crippen LogP contribution in [0.1, 0.15) is 12.0 Å². The van der Waals surface area contributed by atoms with Crippen LogP contribution < -0.4 is 15.4 Å². The van der Waals surface area contributed by atoms with Gasteiger partial charge in [-0.1, -0.05) is 0 Å². The van der Waals surface area contributed by atoms with Crippen LogP contribution in [0.25, 0.3) is 0 Å². The Morgan fingerprint density at radius 2 is 1.92 bits per heavy atom. The van der Waals surface area contributed by atoms with Gasteiger partial charge in [-0.2, -0.15) is 0 Å². The van der Waals surface area contributed by atoms with E-state index in [2.05, 4.69) is 15.6 Å². The first kappa shape index (κ1) is 22.1. The van der Waals surface area contributed by atoms with Crippen molar-refractivity contribution < 1.29 is 13.9 Å². The third-order valence-corrected chi connectivity index (χ3v) is 2.93. The average molecular weight is 376 g/mol. The molecule has 2 N–H and O–H groups in total. The second-order valence-corrected chi connectivity index (χ2v) is 4.69. The van der Waals surface area contributed by atoms with Gasteiger partial charge in [-0.3, -0.25) is 4.79 Å². The summed E-state index contributed by atoms with van der Waals surface area (Å²) in [6.07, 6.45) is 2.04. The summed E-state index contributed by atoms with van der Waals surface area (Å²) in [5, 5.41) is 5.74. The molecule has 0 saturated heterocycles. The minimum Gasteiger partial charge on any atom is -0.439 e. The van der Waals surface area contributed by atoms with Gasteiger partial charge in [0.2, 0.25) is 11.8 Å². The molecule has 8 heteroatoms. The number of hydrogen-bond acceptors (Lipinski definition) is 4. The molecule has 1 aromatic carbocycles. The molecule has 1 heterocycles. The smallest absolute Gasteiger partial charge is 0.221 e. The Balaban J connectivity index is 0.00000264. The van der Waals surface area contributed by atoms with Crippen molar-refractivity contribution in [3.8, 4) is 11.6 Å². The largest absolute Gasteiger partial charge is 0.439 e. The highest BCUT2D eigenvalue weighted by Crippen LogP contribution is 2.20. The van der Waals surface area contributed by atoms with Crippen LogP contribution >= 0.6 is 24.8 Å². The average Bonchev–Trinajstić information content (AvgIpc) is 2.53. The van der Waals surface area contributed by atoms with Gasteiger partial charge in [0.1, 0.15) is 11.6 Å². The van der Waals surface area contributed by atoms with E-state index >= 15 is 0 Å². The standard InChI is InChI=1S/C16H18FN3O2.2ClH/c1-18-8-7-15(21)20-11-12-6-9-19-16(10-12)22-14-4-2-13(17)3-5-14;;/h2-6,9-10,18H,7-8,11H2,1H3,(H,20,21);2*1H. The molecule has 1 aromatic heterocycles. The molecule has 0 bridgehead atoms. The number of pyridine rings is 1. The second-order valence-electron chi connectivity index (χ2n) is 4.69. The van der Waals surface area contributed by atoms with Crippen LogP contribution in [0.2, 0.25) is 0 Å². The lowest BCUT2D eigenvalue weighted by Gasteiger charge is -2.08. The summed E-state index contributed by atoms with van der Waals surface area (Å²) in [5.74, 6) is 0.559. The van der Waals surface area contributed by atoms with Crippen molar-refractivity contribution in [3.05, 3.63) is 54.0 Å². The number of halogens is 3. The van der Waals surface area contributed by atoms with Crippen molar-refractivity contribution in [2.75, 3.05) is 13.6 Å². The van der Waals surface area contributed by atoms with E-state index in [1.165, 1.54) is 24.3 Å². The summed E-state index contributed by atoms with van der Waals surface area (Å²) < 4.78 is 18.4. The molecule has 0 aliphatic heterocycles. The SMILES string of the molecule is CNCCC(=O)NCc1ccnc(Oc2ccc(F)cc2)c1.Cl.Cl. The van der Waals surface area contributed by atoms with Crippen molar-refractivity contribution in [1.82, 2.24) is 15.6 Å². The molecule has 0 aliphatic rings. The molecule has 24 heavy (non-hydrogen) atoms. The molecule has 0 radical (unpaired) electrons. The van der Waals surface area contributed by atoms with E-state index < -0.39 is 0 Å². The number of nitrogens with zero attached hydrogens (tertiary/aromatic N) is 1. The number of carbonyl (C=O) groups is 1. The van der Waals surface area contributed by atoms with Crippen LogP contribution in [0.3, 0.4) is 0 Å². The van der Waals surface area contributed by atoms with Crippen LogP contribution in [0.5, 0.6) is 11.6 Å². The second kappa shape index (κ2) is 11.6. The minimum absolute atomic E-state index is 0. The number of benzene rings is 1. The monoisotopic (exact) mass is 375 g/mol. The molecule has 5 nitrogen and oxygen atoms in total. The van der Waals surface area contributed by atoms with E-state index in [9.17, 15) is 9.18 Å². The fourth-order valence-electron chi connectivity index (χ4n) is 1.77. The third kappa shape index (κ3) is 7.59. The van der Waals surface area contributed by atoms with Gasteiger partial charge in [0.05, 0.1) is 0 Å². The molecule has 2 rings (SSSR count). The summed E-state index contributed by atoms with van der Waals surface area (Å²) in [6.45, 7) is 1.05. The minimum atomic E-state index is -0.321. The Morgan fingerprint density at radius 1 is 1.21 bits per heavy atom. The third-order valence-electron chi connectivity index (χ3n) is 2.93. The topological polar surface area (TPSA) is 63.2 Å². The van der Waals surface area contributed by atoms with Gasteiger partial charge in [0.15, 0.2) is 0 Å². The highest BCUT2D eigenvalue weighted by atomic mass is 35.5. The zero-order valence-corrected chi connectivity index (χ0v) is 14.8. The van der Waals surface area contributed by atoms with Gasteiger partial charge < -0.3 is 15.4 Å². The van der Waals surface area contributed by atoms with Gasteiger partial charge >= 0.3 is 0 Å². The van der Waals surface area contributed by atoms with E-state index in [1.54, 1.807) is 25.4 Å². The van der Waals surface area contributed by atoms with Crippen molar-refractivity contribution in [3.63, 3.8) is 0 Å². The summed E-state index contributed by atoms with van der Waals surface area (Å²) >= 11 is 0. The van der Waals surface area contributed by atoms with Crippen molar-refractivity contribution >= 4 is 30.7 Å². The van der Waals surface area contributed by atoms with E-state index in [-0.39, 0.29) is 36.5 Å². The highest BCUT2D eigenvalue weighted by Gasteiger charge is 2.03. The Hall–Kier alpha value is -1.89. The lowest BCUT2D eigenvalue weighted by molar-refractivity contribution is -0.121. The first-order chi connectivity index (χ1) is 10.7. The van der Waals surface area contributed by atoms with Gasteiger partial charge in [0.25, 0.3) is 0 Å². The normalized spacial score (nSPS) is 9.42. The molecule has 0 aliphatic carbocycles. The Kier molecular flexibility index (Phi) is 10.7. The molecule has 0 spiro atoms. The maximum atomic E-state index is 12.8. The van der Waals surface area contributed by atoms with Crippen LogP contribution in [0.15, 0.2) is 42.6 Å². The van der Waals surface area contributed by atoms with Crippen molar-refractivity contribution in [1.29, 1.82) is 0 Å². The molecule has 0 fully saturated rings. The Labute approximate surface area is 152 Å². The van der Waals surface area contributed by atoms with E-state index in [0.717, 1.165) is 5.56 Å². The number of ether oxygens (including phenoxy) is 1. The summed E-state index contributed by atoms with van der Waals surface area (Å²) in [6, 6.07) is 9.24. The first-order valence-corrected chi connectivity index (χ1v) is 6.97. The zero-order valence-electron chi connectivity index (χ0n) is 13.1. The van der Waals surface area contributed by atoms with Crippen LogP contribution in [-0.4, -0.2) is 24.5 Å². The maximum absolute atomic E-state index is 12.8. The number of rotatable bonds is 7. The predicted molar refractivity (Wildman–Crippen MR) is 95.6 cm³/mol. The maximum Gasteiger partial charge on any atom is 0.221 e. The fourth-order valence-corrected chi connectivity index (χ4v) is 1.77. The predicted octanol–water partition coefficient (Wildman–Crippen LogP) is 3.08. The van der Waals surface area contributed by atoms with E-state index in [0.29, 0.717) is 31.1 Å². The molecule has 132 valence electrons. The molecule has 0 unspecified atom stereocenters. The van der Waals surface area contributed by atoms with E-state index in [4.69, 9.17) is 4.74 Å². The van der Waals surface area contributed by atoms with Crippen LogP contribution in [0.4, 0.5) is 4.39 Å². The molecular weight excluding hydrogens is 356 g/mol. The lowest BCUT2D eigenvalue weighted by atomic mass is 10.2. The molecular formula is C16H20Cl2FN3O2. The fraction of sp³-hybridized carbons (Fsp3) is 0.250. The quantitative estimate of drug-likeness (QED) is 0.780. The molecule has 0 saturated carbocycles. The zero-order chi connectivity index (χ0) is 15.8. The van der Waals surface area contributed by atoms with E-state index in [1.807, 2.05) is 0 Å². The first-order valence-electron chi connectivity index (χ1n) is 6.97. The Morgan fingerprint density at radius 3 is 2.58 bits per heavy atom. The summed E-state index contributed by atoms with van der Waals surface area (Å²) in [5.41, 5.74) is 0.880.